The van der Waals surface area contributed by atoms with E-state index >= 15 is 0 Å². The first kappa shape index (κ1) is 15.0. The van der Waals surface area contributed by atoms with Gasteiger partial charge in [-0.15, -0.1) is 11.8 Å². The van der Waals surface area contributed by atoms with Crippen LogP contribution in [-0.2, 0) is 0 Å². The lowest BCUT2D eigenvalue weighted by Gasteiger charge is -2.18. The Morgan fingerprint density at radius 2 is 2.22 bits per heavy atom. The second-order valence-electron chi connectivity index (χ2n) is 4.57. The van der Waals surface area contributed by atoms with Gasteiger partial charge in [0.1, 0.15) is 0 Å². The van der Waals surface area contributed by atoms with Gasteiger partial charge in [-0.2, -0.15) is 0 Å². The second-order valence-corrected chi connectivity index (χ2v) is 5.40. The first-order valence-corrected chi connectivity index (χ1v) is 7.21. The highest BCUT2D eigenvalue weighted by molar-refractivity contribution is 7.98. The molecule has 0 aliphatic heterocycles. The van der Waals surface area contributed by atoms with Gasteiger partial charge >= 0.3 is 0 Å². The fourth-order valence-corrected chi connectivity index (χ4v) is 2.01. The van der Waals surface area contributed by atoms with Gasteiger partial charge in [-0.1, -0.05) is 13.8 Å². The number of hydrogen-bond donors (Lipinski definition) is 2. The molecule has 100 valence electrons. The van der Waals surface area contributed by atoms with Crippen LogP contribution in [0.25, 0.3) is 0 Å². The average molecular weight is 268 g/mol. The quantitative estimate of drug-likeness (QED) is 0.774. The molecule has 0 spiro atoms. The second kappa shape index (κ2) is 7.38. The third-order valence-corrected chi connectivity index (χ3v) is 3.18. The Balaban J connectivity index is 2.62. The summed E-state index contributed by atoms with van der Waals surface area (Å²) in [5.41, 5.74) is 0.523. The third-order valence-electron chi connectivity index (χ3n) is 2.52. The van der Waals surface area contributed by atoms with Crippen LogP contribution in [0.4, 0.5) is 0 Å². The number of nitrogens with one attached hydrogen (secondary N) is 1. The maximum absolute atomic E-state index is 11.9. The molecular formula is C13H20N2O2S. The normalized spacial score (nSPS) is 12.5. The molecule has 1 rings (SSSR count). The van der Waals surface area contributed by atoms with Crippen molar-refractivity contribution in [1.29, 1.82) is 0 Å². The summed E-state index contributed by atoms with van der Waals surface area (Å²) in [6.45, 7) is 4.08. The van der Waals surface area contributed by atoms with Crippen LogP contribution in [0.15, 0.2) is 23.4 Å². The molecule has 0 aliphatic carbocycles. The molecular weight excluding hydrogens is 248 g/mol. The lowest BCUT2D eigenvalue weighted by molar-refractivity contribution is 0.0908. The van der Waals surface area contributed by atoms with E-state index in [-0.39, 0.29) is 18.6 Å². The van der Waals surface area contributed by atoms with Crippen LogP contribution in [-0.4, -0.2) is 34.9 Å². The van der Waals surface area contributed by atoms with Gasteiger partial charge in [-0.3, -0.25) is 4.79 Å². The molecule has 1 aromatic heterocycles. The van der Waals surface area contributed by atoms with Gasteiger partial charge < -0.3 is 10.4 Å². The summed E-state index contributed by atoms with van der Waals surface area (Å²) in [4.78, 5) is 16.1. The number of aliphatic hydroxyl groups excluding tert-OH is 1. The number of amides is 1. The molecule has 0 saturated heterocycles. The van der Waals surface area contributed by atoms with Crippen molar-refractivity contribution in [3.05, 3.63) is 23.9 Å². The van der Waals surface area contributed by atoms with Crippen molar-refractivity contribution < 1.29 is 9.90 Å². The number of carbonyl (C=O) groups excluding carboxylic acids is 1. The monoisotopic (exact) mass is 268 g/mol. The Hall–Kier alpha value is -1.07. The minimum atomic E-state index is -0.197. The van der Waals surface area contributed by atoms with Gasteiger partial charge in [-0.05, 0) is 30.7 Å². The molecule has 1 atom stereocenters. The van der Waals surface area contributed by atoms with Crippen molar-refractivity contribution in [3.8, 4) is 0 Å². The number of aliphatic hydroxyl groups is 1. The van der Waals surface area contributed by atoms with Crippen molar-refractivity contribution in [2.24, 2.45) is 5.92 Å². The van der Waals surface area contributed by atoms with Crippen molar-refractivity contribution in [1.82, 2.24) is 10.3 Å². The molecule has 1 amide bonds. The van der Waals surface area contributed by atoms with Crippen LogP contribution in [0.3, 0.4) is 0 Å². The summed E-state index contributed by atoms with van der Waals surface area (Å²) < 4.78 is 0. The summed E-state index contributed by atoms with van der Waals surface area (Å²) >= 11 is 1.53. The van der Waals surface area contributed by atoms with E-state index < -0.39 is 0 Å². The van der Waals surface area contributed by atoms with E-state index in [9.17, 15) is 9.90 Å². The van der Waals surface area contributed by atoms with E-state index in [1.54, 1.807) is 12.3 Å². The van der Waals surface area contributed by atoms with Crippen molar-refractivity contribution in [2.45, 2.75) is 31.3 Å². The lowest BCUT2D eigenvalue weighted by atomic mass is 10.0. The molecule has 4 nitrogen and oxygen atoms in total. The molecule has 0 radical (unpaired) electrons. The first-order valence-electron chi connectivity index (χ1n) is 5.98. The molecule has 0 bridgehead atoms. The number of hydrogen-bond acceptors (Lipinski definition) is 4. The molecule has 0 aromatic carbocycles. The zero-order chi connectivity index (χ0) is 13.5. The van der Waals surface area contributed by atoms with Gasteiger partial charge in [-0.25, -0.2) is 4.98 Å². The van der Waals surface area contributed by atoms with Crippen LogP contribution in [0.5, 0.6) is 0 Å². The number of thioether (sulfide) groups is 1. The highest BCUT2D eigenvalue weighted by Gasteiger charge is 2.14. The molecule has 2 N–H and O–H groups in total. The Bertz CT molecular complexity index is 379. The minimum Gasteiger partial charge on any atom is -0.394 e. The van der Waals surface area contributed by atoms with Gasteiger partial charge in [0.05, 0.1) is 23.2 Å². The van der Waals surface area contributed by atoms with E-state index in [0.717, 1.165) is 11.4 Å². The van der Waals surface area contributed by atoms with Crippen LogP contribution in [0.2, 0.25) is 0 Å². The zero-order valence-corrected chi connectivity index (χ0v) is 11.8. The molecule has 5 heteroatoms. The Morgan fingerprint density at radius 3 is 2.67 bits per heavy atom. The fourth-order valence-electron chi connectivity index (χ4n) is 1.65. The van der Waals surface area contributed by atoms with E-state index in [1.165, 1.54) is 11.8 Å². The van der Waals surface area contributed by atoms with Gasteiger partial charge in [0.15, 0.2) is 0 Å². The summed E-state index contributed by atoms with van der Waals surface area (Å²) in [7, 11) is 0. The number of carbonyl (C=O) groups is 1. The zero-order valence-electron chi connectivity index (χ0n) is 11.0. The van der Waals surface area contributed by atoms with Crippen molar-refractivity contribution in [2.75, 3.05) is 12.9 Å². The Morgan fingerprint density at radius 1 is 1.50 bits per heavy atom. The maximum atomic E-state index is 11.9. The molecule has 0 aliphatic rings. The predicted molar refractivity (Wildman–Crippen MR) is 73.8 cm³/mol. The first-order chi connectivity index (χ1) is 8.56. The summed E-state index contributed by atoms with van der Waals surface area (Å²) in [6, 6.07) is 3.37. The summed E-state index contributed by atoms with van der Waals surface area (Å²) in [5, 5.41) is 12.9. The number of pyridine rings is 1. The van der Waals surface area contributed by atoms with Crippen LogP contribution >= 0.6 is 11.8 Å². The Labute approximate surface area is 112 Å². The van der Waals surface area contributed by atoms with Crippen molar-refractivity contribution >= 4 is 17.7 Å². The summed E-state index contributed by atoms with van der Waals surface area (Å²) in [6.07, 6.45) is 4.26. The number of nitrogens with zero attached hydrogens (tertiary/aromatic N) is 1. The molecule has 0 fully saturated rings. The van der Waals surface area contributed by atoms with Crippen LogP contribution in [0, 0.1) is 5.92 Å². The number of aromatic nitrogens is 1. The fraction of sp³-hybridized carbons (Fsp3) is 0.538. The highest BCUT2D eigenvalue weighted by atomic mass is 32.2. The SMILES string of the molecule is CSc1ccc(C(=O)NC(CO)CC(C)C)cn1. The Kier molecular flexibility index (Phi) is 6.15. The molecule has 0 saturated carbocycles. The molecule has 1 aromatic rings. The van der Waals surface area contributed by atoms with E-state index in [4.69, 9.17) is 0 Å². The maximum Gasteiger partial charge on any atom is 0.253 e. The van der Waals surface area contributed by atoms with Gasteiger partial charge in [0.2, 0.25) is 0 Å². The number of rotatable bonds is 6. The smallest absolute Gasteiger partial charge is 0.253 e. The lowest BCUT2D eigenvalue weighted by Crippen LogP contribution is -2.38. The third kappa shape index (κ3) is 4.66. The largest absolute Gasteiger partial charge is 0.394 e. The van der Waals surface area contributed by atoms with Gasteiger partial charge in [0, 0.05) is 6.20 Å². The van der Waals surface area contributed by atoms with E-state index in [1.807, 2.05) is 12.3 Å². The van der Waals surface area contributed by atoms with Crippen LogP contribution < -0.4 is 5.32 Å². The highest BCUT2D eigenvalue weighted by Crippen LogP contribution is 2.11. The van der Waals surface area contributed by atoms with Crippen LogP contribution in [0.1, 0.15) is 30.6 Å². The van der Waals surface area contributed by atoms with E-state index in [0.29, 0.717) is 11.5 Å². The standard InChI is InChI=1S/C13H20N2O2S/c1-9(2)6-11(8-16)15-13(17)10-4-5-12(18-3)14-7-10/h4-5,7,9,11,16H,6,8H2,1-3H3,(H,15,17). The van der Waals surface area contributed by atoms with Gasteiger partial charge in [0.25, 0.3) is 5.91 Å². The average Bonchev–Trinajstić information content (AvgIpc) is 2.37. The topological polar surface area (TPSA) is 62.2 Å². The van der Waals surface area contributed by atoms with Crippen molar-refractivity contribution in [3.63, 3.8) is 0 Å². The molecule has 1 heterocycles. The van der Waals surface area contributed by atoms with E-state index in [2.05, 4.69) is 24.1 Å². The molecule has 18 heavy (non-hydrogen) atoms. The molecule has 1 unspecified atom stereocenters. The minimum absolute atomic E-state index is 0.0414. The summed E-state index contributed by atoms with van der Waals surface area (Å²) in [5.74, 6) is 0.245. The predicted octanol–water partition coefficient (Wildman–Crippen LogP) is 1.94.